The van der Waals surface area contributed by atoms with Gasteiger partial charge in [-0.15, -0.1) is 0 Å². The van der Waals surface area contributed by atoms with Crippen LogP contribution in [0.25, 0.3) is 21.5 Å². The molecule has 2 nitrogen and oxygen atoms in total. The van der Waals surface area contributed by atoms with Gasteiger partial charge in [-0.2, -0.15) is 0 Å². The van der Waals surface area contributed by atoms with Crippen molar-refractivity contribution in [1.29, 1.82) is 0 Å². The van der Waals surface area contributed by atoms with Crippen molar-refractivity contribution in [3.8, 4) is 35.2 Å². The molecule has 0 fully saturated rings. The first kappa shape index (κ1) is 22.1. The van der Waals surface area contributed by atoms with E-state index in [1.54, 1.807) is 14.2 Å². The van der Waals surface area contributed by atoms with Gasteiger partial charge in [-0.05, 0) is 64.9 Å². The van der Waals surface area contributed by atoms with E-state index in [0.29, 0.717) is 0 Å². The van der Waals surface area contributed by atoms with Crippen LogP contribution in [0.15, 0.2) is 91.0 Å². The standard InChI is InChI=1S/C33H24O2/c1-23-14-17-31-30(18-15-24-8-6-10-26(21-24)34-2)28-12-4-5-13-29(28)32(33(31)20-23)19-16-25-9-7-11-27(22-25)35-3/h4-14,17,20-22H,1-3H3. The van der Waals surface area contributed by atoms with Gasteiger partial charge in [-0.1, -0.05) is 83.8 Å². The monoisotopic (exact) mass is 452 g/mol. The molecule has 35 heavy (non-hydrogen) atoms. The molecule has 0 saturated carbocycles. The maximum Gasteiger partial charge on any atom is 0.120 e. The summed E-state index contributed by atoms with van der Waals surface area (Å²) in [5.41, 5.74) is 5.02. The molecule has 0 radical (unpaired) electrons. The maximum absolute atomic E-state index is 5.37. The molecule has 5 aromatic carbocycles. The highest BCUT2D eigenvalue weighted by Crippen LogP contribution is 2.33. The fourth-order valence-corrected chi connectivity index (χ4v) is 4.23. The van der Waals surface area contributed by atoms with Crippen molar-refractivity contribution in [2.24, 2.45) is 0 Å². The third kappa shape index (κ3) is 4.56. The molecule has 0 atom stereocenters. The van der Waals surface area contributed by atoms with Gasteiger partial charge in [0, 0.05) is 22.3 Å². The Labute approximate surface area is 206 Å². The Morgan fingerprint density at radius 1 is 0.486 bits per heavy atom. The lowest BCUT2D eigenvalue weighted by Gasteiger charge is -2.11. The zero-order valence-corrected chi connectivity index (χ0v) is 20.0. The minimum atomic E-state index is 0.797. The third-order valence-electron chi connectivity index (χ3n) is 5.98. The predicted molar refractivity (Wildman–Crippen MR) is 144 cm³/mol. The van der Waals surface area contributed by atoms with E-state index in [1.807, 2.05) is 48.5 Å². The van der Waals surface area contributed by atoms with Crippen LogP contribution in [-0.2, 0) is 0 Å². The molecule has 0 bridgehead atoms. The molecule has 0 unspecified atom stereocenters. The molecule has 0 aliphatic rings. The van der Waals surface area contributed by atoms with Gasteiger partial charge in [0.15, 0.2) is 0 Å². The second-order valence-electron chi connectivity index (χ2n) is 8.31. The van der Waals surface area contributed by atoms with Gasteiger partial charge in [0.05, 0.1) is 14.2 Å². The quantitative estimate of drug-likeness (QED) is 0.210. The summed E-state index contributed by atoms with van der Waals surface area (Å²) in [6, 6.07) is 30.5. The first-order chi connectivity index (χ1) is 17.2. The first-order valence-electron chi connectivity index (χ1n) is 11.4. The van der Waals surface area contributed by atoms with Gasteiger partial charge >= 0.3 is 0 Å². The molecular weight excluding hydrogens is 428 g/mol. The van der Waals surface area contributed by atoms with E-state index in [1.165, 1.54) is 5.56 Å². The van der Waals surface area contributed by atoms with Crippen molar-refractivity contribution in [3.05, 3.63) is 119 Å². The lowest BCUT2D eigenvalue weighted by atomic mass is 9.91. The van der Waals surface area contributed by atoms with Crippen molar-refractivity contribution in [2.75, 3.05) is 14.2 Å². The number of aryl methyl sites for hydroxylation is 1. The normalized spacial score (nSPS) is 10.3. The predicted octanol–water partition coefficient (Wildman–Crippen LogP) is 7.12. The van der Waals surface area contributed by atoms with E-state index in [4.69, 9.17) is 9.47 Å². The van der Waals surface area contributed by atoms with Crippen molar-refractivity contribution in [1.82, 2.24) is 0 Å². The highest BCUT2D eigenvalue weighted by molar-refractivity contribution is 6.10. The average Bonchev–Trinajstić information content (AvgIpc) is 2.90. The summed E-state index contributed by atoms with van der Waals surface area (Å²) in [4.78, 5) is 0. The number of fused-ring (bicyclic) bond motifs is 2. The molecule has 0 aliphatic carbocycles. The van der Waals surface area contributed by atoms with Crippen molar-refractivity contribution in [3.63, 3.8) is 0 Å². The smallest absolute Gasteiger partial charge is 0.120 e. The second kappa shape index (κ2) is 9.68. The van der Waals surface area contributed by atoms with E-state index in [-0.39, 0.29) is 0 Å². The number of rotatable bonds is 2. The summed E-state index contributed by atoms with van der Waals surface area (Å²) in [6.07, 6.45) is 0. The zero-order chi connectivity index (χ0) is 24.2. The van der Waals surface area contributed by atoms with Crippen LogP contribution in [0.4, 0.5) is 0 Å². The van der Waals surface area contributed by atoms with Crippen molar-refractivity contribution >= 4 is 21.5 Å². The summed E-state index contributed by atoms with van der Waals surface area (Å²) >= 11 is 0. The minimum Gasteiger partial charge on any atom is -0.497 e. The molecule has 0 spiro atoms. The molecule has 0 saturated heterocycles. The first-order valence-corrected chi connectivity index (χ1v) is 11.4. The SMILES string of the molecule is COc1cccc(C#Cc2c3ccccc3c(C#Cc3cccc(OC)c3)c3cc(C)ccc23)c1. The fraction of sp³-hybridized carbons (Fsp3) is 0.0909. The summed E-state index contributed by atoms with van der Waals surface area (Å²) < 4.78 is 10.7. The lowest BCUT2D eigenvalue weighted by Crippen LogP contribution is -1.91. The minimum absolute atomic E-state index is 0.797. The molecule has 0 amide bonds. The maximum atomic E-state index is 5.37. The summed E-state index contributed by atoms with van der Waals surface area (Å²) in [5.74, 6) is 15.2. The van der Waals surface area contributed by atoms with Gasteiger partial charge in [0.25, 0.3) is 0 Å². The second-order valence-corrected chi connectivity index (χ2v) is 8.31. The highest BCUT2D eigenvalue weighted by atomic mass is 16.5. The Kier molecular flexibility index (Phi) is 6.13. The van der Waals surface area contributed by atoms with E-state index < -0.39 is 0 Å². The molecule has 0 aromatic heterocycles. The third-order valence-corrected chi connectivity index (χ3v) is 5.98. The van der Waals surface area contributed by atoms with Crippen LogP contribution in [0.2, 0.25) is 0 Å². The van der Waals surface area contributed by atoms with Crippen molar-refractivity contribution < 1.29 is 9.47 Å². The number of hydrogen-bond donors (Lipinski definition) is 0. The Bertz CT molecular complexity index is 1690. The van der Waals surface area contributed by atoms with Crippen LogP contribution in [0.5, 0.6) is 11.5 Å². The number of benzene rings is 5. The Balaban J connectivity index is 1.76. The molecular formula is C33H24O2. The Morgan fingerprint density at radius 3 is 1.54 bits per heavy atom. The molecule has 168 valence electrons. The average molecular weight is 453 g/mol. The molecule has 0 aliphatic heterocycles. The van der Waals surface area contributed by atoms with Gasteiger partial charge in [0.1, 0.15) is 11.5 Å². The number of methoxy groups -OCH3 is 2. The molecule has 2 heteroatoms. The van der Waals surface area contributed by atoms with Crippen LogP contribution < -0.4 is 9.47 Å². The van der Waals surface area contributed by atoms with E-state index >= 15 is 0 Å². The van der Waals surface area contributed by atoms with Crippen LogP contribution in [-0.4, -0.2) is 14.2 Å². The van der Waals surface area contributed by atoms with Gasteiger partial charge in [0.2, 0.25) is 0 Å². The van der Waals surface area contributed by atoms with E-state index in [2.05, 4.69) is 73.1 Å². The topological polar surface area (TPSA) is 18.5 Å². The van der Waals surface area contributed by atoms with Gasteiger partial charge < -0.3 is 9.47 Å². The van der Waals surface area contributed by atoms with Crippen molar-refractivity contribution in [2.45, 2.75) is 6.92 Å². The Hall–Kier alpha value is -4.66. The molecule has 0 heterocycles. The largest absolute Gasteiger partial charge is 0.497 e. The van der Waals surface area contributed by atoms with Crippen LogP contribution in [0.1, 0.15) is 27.8 Å². The number of ether oxygens (including phenoxy) is 2. The summed E-state index contributed by atoms with van der Waals surface area (Å²) in [7, 11) is 3.34. The fourth-order valence-electron chi connectivity index (χ4n) is 4.23. The summed E-state index contributed by atoms with van der Waals surface area (Å²) in [5, 5.41) is 4.39. The molecule has 5 aromatic rings. The van der Waals surface area contributed by atoms with E-state index in [9.17, 15) is 0 Å². The highest BCUT2D eigenvalue weighted by Gasteiger charge is 2.12. The summed E-state index contributed by atoms with van der Waals surface area (Å²) in [6.45, 7) is 2.11. The van der Waals surface area contributed by atoms with E-state index in [0.717, 1.165) is 55.3 Å². The molecule has 5 rings (SSSR count). The van der Waals surface area contributed by atoms with Gasteiger partial charge in [-0.25, -0.2) is 0 Å². The lowest BCUT2D eigenvalue weighted by molar-refractivity contribution is 0.414. The van der Waals surface area contributed by atoms with Crippen LogP contribution >= 0.6 is 0 Å². The van der Waals surface area contributed by atoms with Gasteiger partial charge in [-0.3, -0.25) is 0 Å². The van der Waals surface area contributed by atoms with Crippen LogP contribution in [0.3, 0.4) is 0 Å². The zero-order valence-electron chi connectivity index (χ0n) is 20.0. The Morgan fingerprint density at radius 2 is 1.00 bits per heavy atom. The number of hydrogen-bond acceptors (Lipinski definition) is 2. The molecule has 0 N–H and O–H groups in total. The van der Waals surface area contributed by atoms with Crippen LogP contribution in [0, 0.1) is 30.6 Å².